The second-order valence-electron chi connectivity index (χ2n) is 8.74. The van der Waals surface area contributed by atoms with Gasteiger partial charge in [0.15, 0.2) is 9.84 Å². The number of nitrogens with one attached hydrogen (secondary N) is 1. The van der Waals surface area contributed by atoms with Crippen LogP contribution >= 0.6 is 0 Å². The van der Waals surface area contributed by atoms with Crippen molar-refractivity contribution in [2.24, 2.45) is 0 Å². The van der Waals surface area contributed by atoms with Gasteiger partial charge in [-0.15, -0.1) is 0 Å². The Kier molecular flexibility index (Phi) is 5.74. The van der Waals surface area contributed by atoms with Gasteiger partial charge in [0.1, 0.15) is 5.82 Å². The minimum atomic E-state index is -3.25. The average Bonchev–Trinajstić information content (AvgIpc) is 3.22. The quantitative estimate of drug-likeness (QED) is 0.363. The molecule has 8 nitrogen and oxygen atoms in total. The Morgan fingerprint density at radius 3 is 2.54 bits per heavy atom. The van der Waals surface area contributed by atoms with Crippen molar-refractivity contribution in [3.63, 3.8) is 0 Å². The zero-order chi connectivity index (χ0) is 24.7. The lowest BCUT2D eigenvalue weighted by atomic mass is 9.98. The van der Waals surface area contributed by atoms with E-state index in [1.807, 2.05) is 30.5 Å². The predicted octanol–water partition coefficient (Wildman–Crippen LogP) is 4.48. The lowest BCUT2D eigenvalue weighted by Gasteiger charge is -2.11. The van der Waals surface area contributed by atoms with Crippen molar-refractivity contribution >= 4 is 43.0 Å². The van der Waals surface area contributed by atoms with Crippen LogP contribution in [-0.4, -0.2) is 45.6 Å². The number of aryl methyl sites for hydroxylation is 1. The van der Waals surface area contributed by atoms with Crippen molar-refractivity contribution in [1.82, 2.24) is 19.7 Å². The van der Waals surface area contributed by atoms with Gasteiger partial charge >= 0.3 is 0 Å². The molecular formula is C26H25N5O3S. The van der Waals surface area contributed by atoms with Gasteiger partial charge < -0.3 is 10.4 Å². The minimum Gasteiger partial charge on any atom is -0.391 e. The lowest BCUT2D eigenvalue weighted by molar-refractivity contribution is 0.169. The van der Waals surface area contributed by atoms with Crippen molar-refractivity contribution in [2.45, 2.75) is 31.4 Å². The molecule has 5 aromatic rings. The van der Waals surface area contributed by atoms with Gasteiger partial charge in [0.2, 0.25) is 0 Å². The molecular weight excluding hydrogens is 462 g/mol. The fraction of sp³-hybridized carbons (Fsp3) is 0.192. The fourth-order valence-electron chi connectivity index (χ4n) is 4.18. The maximum absolute atomic E-state index is 11.7. The van der Waals surface area contributed by atoms with Crippen LogP contribution in [0.4, 0.5) is 11.5 Å². The topological polar surface area (TPSA) is 110 Å². The number of aliphatic hydroxyl groups is 1. The Hall–Kier alpha value is -3.82. The van der Waals surface area contributed by atoms with E-state index in [9.17, 15) is 13.5 Å². The van der Waals surface area contributed by atoms with Crippen LogP contribution in [0.2, 0.25) is 0 Å². The molecule has 2 N–H and O–H groups in total. The molecule has 35 heavy (non-hydrogen) atoms. The smallest absolute Gasteiger partial charge is 0.175 e. The summed E-state index contributed by atoms with van der Waals surface area (Å²) in [5.74, 6) is 0.627. The predicted molar refractivity (Wildman–Crippen MR) is 138 cm³/mol. The van der Waals surface area contributed by atoms with Crippen LogP contribution in [0.25, 0.3) is 32.9 Å². The van der Waals surface area contributed by atoms with Crippen molar-refractivity contribution < 1.29 is 13.5 Å². The van der Waals surface area contributed by atoms with E-state index in [1.165, 1.54) is 6.26 Å². The van der Waals surface area contributed by atoms with E-state index >= 15 is 0 Å². The van der Waals surface area contributed by atoms with Gasteiger partial charge in [0, 0.05) is 52.3 Å². The van der Waals surface area contributed by atoms with Gasteiger partial charge in [-0.3, -0.25) is 9.67 Å². The highest BCUT2D eigenvalue weighted by Gasteiger charge is 2.14. The molecule has 1 unspecified atom stereocenters. The zero-order valence-electron chi connectivity index (χ0n) is 19.6. The van der Waals surface area contributed by atoms with Crippen LogP contribution < -0.4 is 5.32 Å². The number of rotatable bonds is 6. The second-order valence-corrected chi connectivity index (χ2v) is 10.8. The number of fused-ring (bicyclic) bond motifs is 2. The molecule has 5 rings (SSSR count). The van der Waals surface area contributed by atoms with Crippen LogP contribution in [0, 0.1) is 6.92 Å². The standard InChI is InChI=1S/C26H25N5O3S/c1-16(32)14-31-15-23-17(2)21(8-9-24(23)30-31)26-22-12-25(28-13-18(22)10-11-27-26)29-19-4-6-20(7-5-19)35(3,33)34/h4-13,15-16,32H,14H2,1-3H3,(H,28,29). The summed E-state index contributed by atoms with van der Waals surface area (Å²) in [6, 6.07) is 14.4. The first-order valence-corrected chi connectivity index (χ1v) is 13.1. The number of anilines is 2. The van der Waals surface area contributed by atoms with E-state index in [2.05, 4.69) is 22.3 Å². The summed E-state index contributed by atoms with van der Waals surface area (Å²) in [6.45, 7) is 4.22. The Bertz CT molecular complexity index is 1660. The van der Waals surface area contributed by atoms with Crippen LogP contribution in [-0.2, 0) is 16.4 Å². The minimum absolute atomic E-state index is 0.267. The van der Waals surface area contributed by atoms with Crippen LogP contribution in [0.15, 0.2) is 72.0 Å². The largest absolute Gasteiger partial charge is 0.391 e. The molecule has 0 fully saturated rings. The summed E-state index contributed by atoms with van der Waals surface area (Å²) in [5.41, 5.74) is 4.49. The highest BCUT2D eigenvalue weighted by Crippen LogP contribution is 2.33. The molecule has 0 aliphatic carbocycles. The lowest BCUT2D eigenvalue weighted by Crippen LogP contribution is -2.11. The van der Waals surface area contributed by atoms with E-state index in [4.69, 9.17) is 4.98 Å². The third-order valence-corrected chi connectivity index (χ3v) is 7.04. The summed E-state index contributed by atoms with van der Waals surface area (Å²) in [7, 11) is -3.25. The zero-order valence-corrected chi connectivity index (χ0v) is 20.4. The van der Waals surface area contributed by atoms with E-state index in [0.29, 0.717) is 12.4 Å². The number of sulfone groups is 1. The summed E-state index contributed by atoms with van der Waals surface area (Å²) in [6.07, 6.45) is 6.23. The van der Waals surface area contributed by atoms with Crippen molar-refractivity contribution in [1.29, 1.82) is 0 Å². The number of aliphatic hydroxyl groups excluding tert-OH is 1. The highest BCUT2D eigenvalue weighted by atomic mass is 32.2. The number of pyridine rings is 2. The number of hydrogen-bond acceptors (Lipinski definition) is 7. The van der Waals surface area contributed by atoms with Gasteiger partial charge in [-0.2, -0.15) is 5.10 Å². The molecule has 0 amide bonds. The monoisotopic (exact) mass is 487 g/mol. The van der Waals surface area contributed by atoms with Crippen LogP contribution in [0.5, 0.6) is 0 Å². The van der Waals surface area contributed by atoms with Crippen LogP contribution in [0.3, 0.4) is 0 Å². The van der Waals surface area contributed by atoms with Crippen molar-refractivity contribution in [3.05, 3.63) is 72.7 Å². The number of aromatic nitrogens is 4. The maximum atomic E-state index is 11.7. The molecule has 0 radical (unpaired) electrons. The first-order valence-electron chi connectivity index (χ1n) is 11.2. The van der Waals surface area contributed by atoms with Gasteiger partial charge in [0.25, 0.3) is 0 Å². The van der Waals surface area contributed by atoms with E-state index in [0.717, 1.165) is 44.2 Å². The molecule has 9 heteroatoms. The molecule has 0 bridgehead atoms. The van der Waals surface area contributed by atoms with Gasteiger partial charge in [-0.25, -0.2) is 13.4 Å². The Balaban J connectivity index is 1.54. The number of benzene rings is 2. The van der Waals surface area contributed by atoms with Gasteiger partial charge in [-0.05, 0) is 61.9 Å². The SMILES string of the molecule is Cc1c(-c2nccc3cnc(Nc4ccc(S(C)(=O)=O)cc4)cc23)ccc2nn(CC(C)O)cc12. The third-order valence-electron chi connectivity index (χ3n) is 5.92. The molecule has 0 spiro atoms. The number of hydrogen-bond donors (Lipinski definition) is 2. The Morgan fingerprint density at radius 2 is 1.83 bits per heavy atom. The summed E-state index contributed by atoms with van der Waals surface area (Å²) >= 11 is 0. The molecule has 3 aromatic heterocycles. The molecule has 3 heterocycles. The normalized spacial score (nSPS) is 12.8. The maximum Gasteiger partial charge on any atom is 0.175 e. The third kappa shape index (κ3) is 4.60. The first-order chi connectivity index (χ1) is 16.7. The van der Waals surface area contributed by atoms with Gasteiger partial charge in [-0.1, -0.05) is 6.07 Å². The van der Waals surface area contributed by atoms with Crippen molar-refractivity contribution in [3.8, 4) is 11.3 Å². The highest BCUT2D eigenvalue weighted by molar-refractivity contribution is 7.90. The molecule has 178 valence electrons. The van der Waals surface area contributed by atoms with E-state index < -0.39 is 15.9 Å². The molecule has 2 aromatic carbocycles. The molecule has 0 aliphatic rings. The molecule has 1 atom stereocenters. The Morgan fingerprint density at radius 1 is 1.06 bits per heavy atom. The summed E-state index contributed by atoms with van der Waals surface area (Å²) in [5, 5.41) is 20.5. The average molecular weight is 488 g/mol. The van der Waals surface area contributed by atoms with E-state index in [-0.39, 0.29) is 4.90 Å². The Labute approximate surface area is 203 Å². The summed E-state index contributed by atoms with van der Waals surface area (Å²) < 4.78 is 25.2. The summed E-state index contributed by atoms with van der Waals surface area (Å²) in [4.78, 5) is 9.48. The van der Waals surface area contributed by atoms with E-state index in [1.54, 1.807) is 48.3 Å². The molecule has 0 saturated carbocycles. The van der Waals surface area contributed by atoms with Crippen LogP contribution in [0.1, 0.15) is 12.5 Å². The van der Waals surface area contributed by atoms with Crippen molar-refractivity contribution in [2.75, 3.05) is 11.6 Å². The number of nitrogens with zero attached hydrogens (tertiary/aromatic N) is 4. The molecule has 0 aliphatic heterocycles. The second kappa shape index (κ2) is 8.75. The fourth-order valence-corrected chi connectivity index (χ4v) is 4.81. The first kappa shape index (κ1) is 22.9. The van der Waals surface area contributed by atoms with Gasteiger partial charge in [0.05, 0.1) is 28.8 Å². The molecule has 0 saturated heterocycles.